The zero-order valence-corrected chi connectivity index (χ0v) is 12.4. The van der Waals surface area contributed by atoms with Gasteiger partial charge in [-0.25, -0.2) is 9.97 Å². The van der Waals surface area contributed by atoms with Crippen LogP contribution in [-0.4, -0.2) is 27.5 Å². The third-order valence-corrected chi connectivity index (χ3v) is 4.77. The van der Waals surface area contributed by atoms with Crippen LogP contribution in [0, 0.1) is 12.8 Å². The lowest BCUT2D eigenvalue weighted by atomic mass is 9.96. The Morgan fingerprint density at radius 1 is 1.21 bits per heavy atom. The van der Waals surface area contributed by atoms with Gasteiger partial charge in [-0.05, 0) is 51.1 Å². The van der Waals surface area contributed by atoms with Gasteiger partial charge in [0.15, 0.2) is 0 Å². The fourth-order valence-electron chi connectivity index (χ4n) is 3.77. The molecule has 0 aromatic carbocycles. The average Bonchev–Trinajstić information content (AvgIpc) is 2.96. The highest BCUT2D eigenvalue weighted by atomic mass is 35.5. The first-order valence-corrected chi connectivity index (χ1v) is 7.84. The van der Waals surface area contributed by atoms with Crippen LogP contribution in [0.5, 0.6) is 0 Å². The molecule has 1 aliphatic carbocycles. The topological polar surface area (TPSA) is 29.0 Å². The van der Waals surface area contributed by atoms with Crippen molar-refractivity contribution in [3.8, 4) is 0 Å². The van der Waals surface area contributed by atoms with Crippen LogP contribution in [0.25, 0.3) is 0 Å². The molecule has 2 heterocycles. The Kier molecular flexibility index (Phi) is 4.04. The van der Waals surface area contributed by atoms with Gasteiger partial charge in [0.1, 0.15) is 11.0 Å². The molecule has 104 valence electrons. The van der Waals surface area contributed by atoms with Gasteiger partial charge < -0.3 is 0 Å². The van der Waals surface area contributed by atoms with Crippen LogP contribution < -0.4 is 0 Å². The lowest BCUT2D eigenvalue weighted by molar-refractivity contribution is 0.179. The third kappa shape index (κ3) is 3.09. The second-order valence-electron chi connectivity index (χ2n) is 5.97. The minimum Gasteiger partial charge on any atom is -0.293 e. The summed E-state index contributed by atoms with van der Waals surface area (Å²) < 4.78 is 0. The van der Waals surface area contributed by atoms with Gasteiger partial charge in [0.2, 0.25) is 0 Å². The second kappa shape index (κ2) is 5.76. The van der Waals surface area contributed by atoms with Gasteiger partial charge in [0, 0.05) is 11.7 Å². The average molecular weight is 280 g/mol. The van der Waals surface area contributed by atoms with E-state index in [1.165, 1.54) is 45.1 Å². The van der Waals surface area contributed by atoms with Crippen LogP contribution in [-0.2, 0) is 6.54 Å². The molecular formula is C15H22ClN3. The summed E-state index contributed by atoms with van der Waals surface area (Å²) in [5.41, 5.74) is 0.964. The molecule has 1 saturated carbocycles. The zero-order chi connectivity index (χ0) is 13.2. The number of likely N-dealkylation sites (tertiary alicyclic amines) is 1. The fraction of sp³-hybridized carbons (Fsp3) is 0.733. The summed E-state index contributed by atoms with van der Waals surface area (Å²) in [6, 6.07) is 2.58. The van der Waals surface area contributed by atoms with Crippen LogP contribution in [0.3, 0.4) is 0 Å². The Balaban J connectivity index is 1.70. The summed E-state index contributed by atoms with van der Waals surface area (Å²) in [6.45, 7) is 4.04. The Morgan fingerprint density at radius 3 is 2.74 bits per heavy atom. The Labute approximate surface area is 120 Å². The molecule has 0 spiro atoms. The van der Waals surface area contributed by atoms with Crippen molar-refractivity contribution in [2.75, 3.05) is 6.54 Å². The summed E-state index contributed by atoms with van der Waals surface area (Å²) in [5, 5.41) is 0.569. The Hall–Kier alpha value is -0.670. The number of nitrogens with zero attached hydrogens (tertiary/aromatic N) is 3. The third-order valence-electron chi connectivity index (χ3n) is 4.57. The monoisotopic (exact) mass is 279 g/mol. The number of aromatic nitrogens is 2. The maximum Gasteiger partial charge on any atom is 0.144 e. The first kappa shape index (κ1) is 13.3. The van der Waals surface area contributed by atoms with E-state index in [1.54, 1.807) is 0 Å². The SMILES string of the molecule is Cc1cc(Cl)nc(CN2CCCC2C2CCCC2)n1. The zero-order valence-electron chi connectivity index (χ0n) is 11.6. The van der Waals surface area contributed by atoms with Crippen molar-refractivity contribution < 1.29 is 0 Å². The molecular weight excluding hydrogens is 258 g/mol. The van der Waals surface area contributed by atoms with Gasteiger partial charge >= 0.3 is 0 Å². The minimum absolute atomic E-state index is 0.569. The first-order valence-electron chi connectivity index (χ1n) is 7.46. The normalized spacial score (nSPS) is 25.3. The van der Waals surface area contributed by atoms with E-state index in [9.17, 15) is 0 Å². The molecule has 0 amide bonds. The van der Waals surface area contributed by atoms with E-state index < -0.39 is 0 Å². The number of hydrogen-bond acceptors (Lipinski definition) is 3. The molecule has 3 nitrogen and oxygen atoms in total. The highest BCUT2D eigenvalue weighted by molar-refractivity contribution is 6.29. The van der Waals surface area contributed by atoms with Crippen molar-refractivity contribution in [2.45, 2.75) is 58.0 Å². The molecule has 0 N–H and O–H groups in total. The molecule has 2 fully saturated rings. The molecule has 1 aromatic rings. The highest BCUT2D eigenvalue weighted by Gasteiger charge is 2.33. The molecule has 4 heteroatoms. The van der Waals surface area contributed by atoms with Gasteiger partial charge in [-0.2, -0.15) is 0 Å². The summed E-state index contributed by atoms with van der Waals surface area (Å²) in [6.07, 6.45) is 8.34. The predicted octanol–water partition coefficient (Wildman–Crippen LogP) is 3.59. The van der Waals surface area contributed by atoms with E-state index in [1.807, 2.05) is 13.0 Å². The van der Waals surface area contributed by atoms with E-state index >= 15 is 0 Å². The Morgan fingerprint density at radius 2 is 2.00 bits per heavy atom. The van der Waals surface area contributed by atoms with Crippen molar-refractivity contribution in [3.05, 3.63) is 22.7 Å². The Bertz CT molecular complexity index is 423. The minimum atomic E-state index is 0.569. The molecule has 2 aliphatic rings. The molecule has 1 aromatic heterocycles. The molecule has 1 saturated heterocycles. The molecule has 0 radical (unpaired) electrons. The second-order valence-corrected chi connectivity index (χ2v) is 6.36. The van der Waals surface area contributed by atoms with Gasteiger partial charge in [-0.3, -0.25) is 4.90 Å². The van der Waals surface area contributed by atoms with E-state index in [2.05, 4.69) is 14.9 Å². The largest absolute Gasteiger partial charge is 0.293 e. The molecule has 1 unspecified atom stereocenters. The maximum absolute atomic E-state index is 6.03. The summed E-state index contributed by atoms with van der Waals surface area (Å²) >= 11 is 6.03. The summed E-state index contributed by atoms with van der Waals surface area (Å²) in [5.74, 6) is 1.79. The van der Waals surface area contributed by atoms with Crippen LogP contribution in [0.4, 0.5) is 0 Å². The standard InChI is InChI=1S/C15H22ClN3/c1-11-9-14(16)18-15(17-11)10-19-8-4-7-13(19)12-5-2-3-6-12/h9,12-13H,2-8,10H2,1H3. The van der Waals surface area contributed by atoms with Crippen LogP contribution in [0.2, 0.25) is 5.15 Å². The lowest BCUT2D eigenvalue weighted by Crippen LogP contribution is -2.34. The molecule has 1 atom stereocenters. The molecule has 3 rings (SSSR count). The van der Waals surface area contributed by atoms with E-state index in [0.29, 0.717) is 5.15 Å². The summed E-state index contributed by atoms with van der Waals surface area (Å²) in [4.78, 5) is 11.5. The van der Waals surface area contributed by atoms with Gasteiger partial charge in [-0.15, -0.1) is 0 Å². The molecule has 19 heavy (non-hydrogen) atoms. The van der Waals surface area contributed by atoms with Crippen LogP contribution in [0.15, 0.2) is 6.07 Å². The van der Waals surface area contributed by atoms with Gasteiger partial charge in [0.05, 0.1) is 6.54 Å². The molecule has 1 aliphatic heterocycles. The lowest BCUT2D eigenvalue weighted by Gasteiger charge is -2.28. The number of halogens is 1. The number of aryl methyl sites for hydroxylation is 1. The van der Waals surface area contributed by atoms with Crippen LogP contribution in [0.1, 0.15) is 50.0 Å². The van der Waals surface area contributed by atoms with Gasteiger partial charge in [0.25, 0.3) is 0 Å². The van der Waals surface area contributed by atoms with E-state index in [-0.39, 0.29) is 0 Å². The van der Waals surface area contributed by atoms with Crippen molar-refractivity contribution >= 4 is 11.6 Å². The van der Waals surface area contributed by atoms with E-state index in [4.69, 9.17) is 11.6 Å². The van der Waals surface area contributed by atoms with Crippen molar-refractivity contribution in [1.82, 2.24) is 14.9 Å². The molecule has 0 bridgehead atoms. The summed E-state index contributed by atoms with van der Waals surface area (Å²) in [7, 11) is 0. The number of rotatable bonds is 3. The quantitative estimate of drug-likeness (QED) is 0.792. The fourth-order valence-corrected chi connectivity index (χ4v) is 4.02. The smallest absolute Gasteiger partial charge is 0.144 e. The van der Waals surface area contributed by atoms with Crippen LogP contribution >= 0.6 is 11.6 Å². The van der Waals surface area contributed by atoms with E-state index in [0.717, 1.165) is 30.0 Å². The van der Waals surface area contributed by atoms with Crippen molar-refractivity contribution in [3.63, 3.8) is 0 Å². The highest BCUT2D eigenvalue weighted by Crippen LogP contribution is 2.35. The number of hydrogen-bond donors (Lipinski definition) is 0. The predicted molar refractivity (Wildman–Crippen MR) is 77.2 cm³/mol. The maximum atomic E-state index is 6.03. The van der Waals surface area contributed by atoms with Crippen molar-refractivity contribution in [1.29, 1.82) is 0 Å². The van der Waals surface area contributed by atoms with Gasteiger partial charge in [-0.1, -0.05) is 24.4 Å². The first-order chi connectivity index (χ1) is 9.22. The van der Waals surface area contributed by atoms with Crippen molar-refractivity contribution in [2.24, 2.45) is 5.92 Å².